The van der Waals surface area contributed by atoms with Crippen LogP contribution in [0.3, 0.4) is 0 Å². The third-order valence-electron chi connectivity index (χ3n) is 2.76. The normalized spacial score (nSPS) is 10.2. The Labute approximate surface area is 107 Å². The van der Waals surface area contributed by atoms with Crippen molar-refractivity contribution in [1.82, 2.24) is 5.32 Å². The Morgan fingerprint density at radius 1 is 1.06 bits per heavy atom. The van der Waals surface area contributed by atoms with Gasteiger partial charge in [0.2, 0.25) is 5.91 Å². The molecule has 2 aromatic rings. The lowest BCUT2D eigenvalue weighted by Crippen LogP contribution is -2.25. The average molecular weight is 243 g/mol. The summed E-state index contributed by atoms with van der Waals surface area (Å²) in [5, 5.41) is 2.91. The lowest BCUT2D eigenvalue weighted by molar-refractivity contribution is -0.121. The molecule has 3 nitrogen and oxygen atoms in total. The van der Waals surface area contributed by atoms with Crippen molar-refractivity contribution in [1.29, 1.82) is 0 Å². The molecule has 1 amide bonds. The number of hydrogen-bond acceptors (Lipinski definition) is 2. The maximum atomic E-state index is 11.6. The van der Waals surface area contributed by atoms with Gasteiger partial charge in [0.1, 0.15) is 5.76 Å². The van der Waals surface area contributed by atoms with Crippen LogP contribution in [0.1, 0.15) is 17.7 Å². The van der Waals surface area contributed by atoms with Crippen molar-refractivity contribution in [2.75, 3.05) is 6.54 Å². The van der Waals surface area contributed by atoms with Gasteiger partial charge >= 0.3 is 0 Å². The first-order valence-electron chi connectivity index (χ1n) is 6.17. The van der Waals surface area contributed by atoms with E-state index < -0.39 is 0 Å². The molecule has 0 aliphatic carbocycles. The topological polar surface area (TPSA) is 42.2 Å². The van der Waals surface area contributed by atoms with Crippen LogP contribution >= 0.6 is 0 Å². The molecule has 18 heavy (non-hydrogen) atoms. The number of carbonyl (C=O) groups excluding carboxylic acids is 1. The molecule has 0 saturated heterocycles. The minimum atomic E-state index is 0.0716. The maximum absolute atomic E-state index is 11.6. The summed E-state index contributed by atoms with van der Waals surface area (Å²) in [6, 6.07) is 13.9. The van der Waals surface area contributed by atoms with Crippen LogP contribution in [-0.2, 0) is 17.6 Å². The summed E-state index contributed by atoms with van der Waals surface area (Å²) in [4.78, 5) is 11.6. The van der Waals surface area contributed by atoms with E-state index in [9.17, 15) is 4.79 Å². The highest BCUT2D eigenvalue weighted by Crippen LogP contribution is 2.03. The third kappa shape index (κ3) is 4.09. The summed E-state index contributed by atoms with van der Waals surface area (Å²) in [7, 11) is 0. The Hall–Kier alpha value is -2.03. The Bertz CT molecular complexity index is 463. The van der Waals surface area contributed by atoms with E-state index >= 15 is 0 Å². The minimum Gasteiger partial charge on any atom is -0.469 e. The average Bonchev–Trinajstić information content (AvgIpc) is 2.91. The second-order valence-electron chi connectivity index (χ2n) is 4.16. The highest BCUT2D eigenvalue weighted by molar-refractivity contribution is 5.76. The van der Waals surface area contributed by atoms with E-state index in [0.717, 1.165) is 12.2 Å². The van der Waals surface area contributed by atoms with Gasteiger partial charge in [0.05, 0.1) is 6.26 Å². The molecule has 1 aromatic heterocycles. The standard InChI is InChI=1S/C15H17NO2/c17-15(9-8-14-7-4-12-18-14)16-11-10-13-5-2-1-3-6-13/h1-7,12H,8-11H2,(H,16,17). The molecule has 0 bridgehead atoms. The van der Waals surface area contributed by atoms with Crippen molar-refractivity contribution in [2.24, 2.45) is 0 Å². The van der Waals surface area contributed by atoms with E-state index in [-0.39, 0.29) is 5.91 Å². The number of furan rings is 1. The molecular formula is C15H17NO2. The summed E-state index contributed by atoms with van der Waals surface area (Å²) in [5.41, 5.74) is 1.24. The first-order valence-corrected chi connectivity index (χ1v) is 6.17. The van der Waals surface area contributed by atoms with E-state index in [0.29, 0.717) is 19.4 Å². The van der Waals surface area contributed by atoms with Crippen LogP contribution in [0.4, 0.5) is 0 Å². The van der Waals surface area contributed by atoms with Crippen LogP contribution in [0.25, 0.3) is 0 Å². The van der Waals surface area contributed by atoms with Crippen molar-refractivity contribution in [3.63, 3.8) is 0 Å². The number of aryl methyl sites for hydroxylation is 1. The van der Waals surface area contributed by atoms with Gasteiger partial charge in [-0.25, -0.2) is 0 Å². The summed E-state index contributed by atoms with van der Waals surface area (Å²) in [6.45, 7) is 0.682. The zero-order valence-electron chi connectivity index (χ0n) is 10.3. The molecule has 0 spiro atoms. The molecule has 0 unspecified atom stereocenters. The van der Waals surface area contributed by atoms with Crippen LogP contribution in [0.15, 0.2) is 53.1 Å². The summed E-state index contributed by atoms with van der Waals surface area (Å²) < 4.78 is 5.18. The Morgan fingerprint density at radius 2 is 1.89 bits per heavy atom. The zero-order chi connectivity index (χ0) is 12.6. The predicted molar refractivity (Wildman–Crippen MR) is 70.2 cm³/mol. The van der Waals surface area contributed by atoms with Gasteiger partial charge in [0.25, 0.3) is 0 Å². The fraction of sp³-hybridized carbons (Fsp3) is 0.267. The van der Waals surface area contributed by atoms with E-state index in [1.165, 1.54) is 5.56 Å². The van der Waals surface area contributed by atoms with Gasteiger partial charge < -0.3 is 9.73 Å². The molecule has 1 heterocycles. The Balaban J connectivity index is 1.63. The molecule has 2 rings (SSSR count). The zero-order valence-corrected chi connectivity index (χ0v) is 10.3. The molecule has 0 atom stereocenters. The number of rotatable bonds is 6. The molecule has 0 saturated carbocycles. The number of hydrogen-bond donors (Lipinski definition) is 1. The van der Waals surface area contributed by atoms with E-state index in [4.69, 9.17) is 4.42 Å². The van der Waals surface area contributed by atoms with Gasteiger partial charge in [-0.1, -0.05) is 30.3 Å². The highest BCUT2D eigenvalue weighted by Gasteiger charge is 2.03. The lowest BCUT2D eigenvalue weighted by Gasteiger charge is -2.04. The smallest absolute Gasteiger partial charge is 0.220 e. The second-order valence-corrected chi connectivity index (χ2v) is 4.16. The van der Waals surface area contributed by atoms with Crippen LogP contribution in [0, 0.1) is 0 Å². The van der Waals surface area contributed by atoms with Gasteiger partial charge in [-0.15, -0.1) is 0 Å². The quantitative estimate of drug-likeness (QED) is 0.847. The summed E-state index contributed by atoms with van der Waals surface area (Å²) in [6.07, 6.45) is 3.63. The van der Waals surface area contributed by atoms with Crippen molar-refractivity contribution < 1.29 is 9.21 Å². The first kappa shape index (κ1) is 12.4. The van der Waals surface area contributed by atoms with Crippen LogP contribution < -0.4 is 5.32 Å². The third-order valence-corrected chi connectivity index (χ3v) is 2.76. The number of benzene rings is 1. The van der Waals surface area contributed by atoms with Crippen molar-refractivity contribution in [2.45, 2.75) is 19.3 Å². The molecule has 0 radical (unpaired) electrons. The molecule has 94 valence electrons. The first-order chi connectivity index (χ1) is 8.84. The van der Waals surface area contributed by atoms with Crippen molar-refractivity contribution >= 4 is 5.91 Å². The number of amides is 1. The van der Waals surface area contributed by atoms with E-state index in [1.807, 2.05) is 30.3 Å². The highest BCUT2D eigenvalue weighted by atomic mass is 16.3. The fourth-order valence-electron chi connectivity index (χ4n) is 1.77. The molecule has 0 aliphatic rings. The van der Waals surface area contributed by atoms with E-state index in [2.05, 4.69) is 17.4 Å². The Kier molecular flexibility index (Phi) is 4.59. The minimum absolute atomic E-state index is 0.0716. The maximum Gasteiger partial charge on any atom is 0.220 e. The van der Waals surface area contributed by atoms with Gasteiger partial charge in [-0.3, -0.25) is 4.79 Å². The largest absolute Gasteiger partial charge is 0.469 e. The van der Waals surface area contributed by atoms with Crippen LogP contribution in [0.2, 0.25) is 0 Å². The van der Waals surface area contributed by atoms with Crippen molar-refractivity contribution in [3.8, 4) is 0 Å². The Morgan fingerprint density at radius 3 is 2.61 bits per heavy atom. The van der Waals surface area contributed by atoms with Gasteiger partial charge in [0, 0.05) is 19.4 Å². The van der Waals surface area contributed by atoms with Crippen LogP contribution in [-0.4, -0.2) is 12.5 Å². The molecule has 0 fully saturated rings. The number of carbonyl (C=O) groups is 1. The lowest BCUT2D eigenvalue weighted by atomic mass is 10.1. The monoisotopic (exact) mass is 243 g/mol. The summed E-state index contributed by atoms with van der Waals surface area (Å²) >= 11 is 0. The molecule has 1 N–H and O–H groups in total. The van der Waals surface area contributed by atoms with Gasteiger partial charge in [-0.05, 0) is 24.1 Å². The molecule has 1 aromatic carbocycles. The van der Waals surface area contributed by atoms with Gasteiger partial charge in [0.15, 0.2) is 0 Å². The number of nitrogens with one attached hydrogen (secondary N) is 1. The SMILES string of the molecule is O=C(CCc1ccco1)NCCc1ccccc1. The molecule has 0 aliphatic heterocycles. The van der Waals surface area contributed by atoms with Gasteiger partial charge in [-0.2, -0.15) is 0 Å². The molecule has 3 heteroatoms. The van der Waals surface area contributed by atoms with Crippen LogP contribution in [0.5, 0.6) is 0 Å². The van der Waals surface area contributed by atoms with Crippen molar-refractivity contribution in [3.05, 3.63) is 60.1 Å². The fourth-order valence-corrected chi connectivity index (χ4v) is 1.77. The molecular weight excluding hydrogens is 226 g/mol. The summed E-state index contributed by atoms with van der Waals surface area (Å²) in [5.74, 6) is 0.926. The second kappa shape index (κ2) is 6.64. The van der Waals surface area contributed by atoms with E-state index in [1.54, 1.807) is 6.26 Å². The predicted octanol–water partition coefficient (Wildman–Crippen LogP) is 2.57.